The van der Waals surface area contributed by atoms with Crippen molar-refractivity contribution in [3.8, 4) is 11.3 Å². The Labute approximate surface area is 161 Å². The van der Waals surface area contributed by atoms with Gasteiger partial charge in [0.2, 0.25) is 5.91 Å². The maximum atomic E-state index is 13.9. The van der Waals surface area contributed by atoms with E-state index in [-0.39, 0.29) is 35.5 Å². The van der Waals surface area contributed by atoms with E-state index in [1.54, 1.807) is 18.2 Å². The molecule has 0 spiro atoms. The van der Waals surface area contributed by atoms with Crippen molar-refractivity contribution in [2.45, 2.75) is 32.2 Å². The molecule has 7 nitrogen and oxygen atoms in total. The van der Waals surface area contributed by atoms with Crippen LogP contribution >= 0.6 is 0 Å². The molecule has 2 N–H and O–H groups in total. The minimum Gasteiger partial charge on any atom is -0.481 e. The largest absolute Gasteiger partial charge is 0.481 e. The minimum atomic E-state index is -0.761. The fraction of sp³-hybridized carbons (Fsp3) is 0.400. The molecule has 1 heterocycles. The topological polar surface area (TPSA) is 101 Å². The summed E-state index contributed by atoms with van der Waals surface area (Å²) in [6, 6.07) is 8.77. The van der Waals surface area contributed by atoms with Crippen molar-refractivity contribution in [3.63, 3.8) is 0 Å². The first-order valence-corrected chi connectivity index (χ1v) is 9.26. The summed E-state index contributed by atoms with van der Waals surface area (Å²) in [5.41, 5.74) is 0.0848. The second kappa shape index (κ2) is 8.77. The number of aliphatic carboxylic acids is 1. The Morgan fingerprint density at radius 2 is 1.86 bits per heavy atom. The van der Waals surface area contributed by atoms with E-state index in [0.717, 1.165) is 17.5 Å². The molecule has 28 heavy (non-hydrogen) atoms. The molecule has 3 rings (SSSR count). The fourth-order valence-corrected chi connectivity index (χ4v) is 3.44. The van der Waals surface area contributed by atoms with E-state index in [4.69, 9.17) is 5.11 Å². The maximum absolute atomic E-state index is 13.9. The molecule has 0 atom stereocenters. The number of halogens is 1. The Kier molecular flexibility index (Phi) is 6.18. The van der Waals surface area contributed by atoms with Gasteiger partial charge in [-0.2, -0.15) is 5.10 Å². The third kappa shape index (κ3) is 4.82. The lowest BCUT2D eigenvalue weighted by atomic mass is 9.82. The van der Waals surface area contributed by atoms with E-state index < -0.39 is 17.3 Å². The number of amides is 1. The van der Waals surface area contributed by atoms with Crippen LogP contribution < -0.4 is 10.9 Å². The average molecular weight is 387 g/mol. The van der Waals surface area contributed by atoms with Crippen molar-refractivity contribution in [3.05, 3.63) is 52.6 Å². The van der Waals surface area contributed by atoms with E-state index in [9.17, 15) is 18.8 Å². The predicted octanol–water partition coefficient (Wildman–Crippen LogP) is 2.06. The quantitative estimate of drug-likeness (QED) is 0.790. The molecule has 1 fully saturated rings. The first kappa shape index (κ1) is 19.7. The number of nitrogens with zero attached hydrogens (tertiary/aromatic N) is 2. The van der Waals surface area contributed by atoms with E-state index in [0.29, 0.717) is 19.4 Å². The molecule has 0 radical (unpaired) electrons. The fourth-order valence-electron chi connectivity index (χ4n) is 3.44. The zero-order valence-corrected chi connectivity index (χ0v) is 15.3. The zero-order valence-electron chi connectivity index (χ0n) is 15.3. The highest BCUT2D eigenvalue weighted by atomic mass is 19.1. The highest BCUT2D eigenvalue weighted by Gasteiger charge is 2.26. The molecule has 148 valence electrons. The molecule has 2 aromatic rings. The standard InChI is InChI=1S/C20H22FN3O4/c21-16-4-2-1-3-15(16)17-9-10-19(26)24(23-17)12-18(25)22-11-13-5-7-14(8-6-13)20(27)28/h1-4,9-10,13-14H,5-8,11-12H2,(H,22,25)(H,27,28). The number of carboxylic acid groups (broad SMARTS) is 1. The smallest absolute Gasteiger partial charge is 0.306 e. The molecule has 1 saturated carbocycles. The number of carboxylic acids is 1. The van der Waals surface area contributed by atoms with Crippen LogP contribution in [0.4, 0.5) is 4.39 Å². The summed E-state index contributed by atoms with van der Waals surface area (Å²) in [5.74, 6) is -1.64. The van der Waals surface area contributed by atoms with Gasteiger partial charge in [0.05, 0.1) is 11.6 Å². The molecule has 0 saturated heterocycles. The maximum Gasteiger partial charge on any atom is 0.306 e. The van der Waals surface area contributed by atoms with E-state index in [2.05, 4.69) is 10.4 Å². The van der Waals surface area contributed by atoms with Crippen LogP contribution in [0.15, 0.2) is 41.2 Å². The van der Waals surface area contributed by atoms with Crippen molar-refractivity contribution in [2.24, 2.45) is 11.8 Å². The van der Waals surface area contributed by atoms with Crippen LogP contribution in [0.1, 0.15) is 25.7 Å². The molecule has 0 bridgehead atoms. The normalized spacial score (nSPS) is 19.2. The van der Waals surface area contributed by atoms with Crippen LogP contribution in [0.3, 0.4) is 0 Å². The van der Waals surface area contributed by atoms with Gasteiger partial charge < -0.3 is 10.4 Å². The molecular weight excluding hydrogens is 365 g/mol. The number of aromatic nitrogens is 2. The van der Waals surface area contributed by atoms with Gasteiger partial charge in [0, 0.05) is 18.2 Å². The van der Waals surface area contributed by atoms with E-state index >= 15 is 0 Å². The van der Waals surface area contributed by atoms with Gasteiger partial charge in [0.1, 0.15) is 12.4 Å². The molecular formula is C20H22FN3O4. The lowest BCUT2D eigenvalue weighted by molar-refractivity contribution is -0.143. The molecule has 0 unspecified atom stereocenters. The van der Waals surface area contributed by atoms with Gasteiger partial charge in [-0.25, -0.2) is 9.07 Å². The molecule has 1 aromatic heterocycles. The molecule has 1 aromatic carbocycles. The second-order valence-electron chi connectivity index (χ2n) is 7.05. The Morgan fingerprint density at radius 1 is 1.14 bits per heavy atom. The summed E-state index contributed by atoms with van der Waals surface area (Å²) in [6.07, 6.45) is 2.72. The third-order valence-corrected chi connectivity index (χ3v) is 5.09. The number of carbonyl (C=O) groups excluding carboxylic acids is 1. The first-order valence-electron chi connectivity index (χ1n) is 9.26. The molecule has 1 amide bonds. The van der Waals surface area contributed by atoms with E-state index in [1.165, 1.54) is 18.2 Å². The zero-order chi connectivity index (χ0) is 20.1. The summed E-state index contributed by atoms with van der Waals surface area (Å²) in [7, 11) is 0. The SMILES string of the molecule is O=C(Cn1nc(-c2ccccc2F)ccc1=O)NCC1CCC(C(=O)O)CC1. The van der Waals surface area contributed by atoms with Gasteiger partial charge in [-0.15, -0.1) is 0 Å². The summed E-state index contributed by atoms with van der Waals surface area (Å²) < 4.78 is 14.9. The van der Waals surface area contributed by atoms with Crippen LogP contribution in [-0.4, -0.2) is 33.3 Å². The highest BCUT2D eigenvalue weighted by Crippen LogP contribution is 2.28. The van der Waals surface area contributed by atoms with Crippen molar-refractivity contribution in [1.29, 1.82) is 0 Å². The third-order valence-electron chi connectivity index (χ3n) is 5.09. The Morgan fingerprint density at radius 3 is 2.54 bits per heavy atom. The second-order valence-corrected chi connectivity index (χ2v) is 7.05. The lowest BCUT2D eigenvalue weighted by Gasteiger charge is -2.26. The van der Waals surface area contributed by atoms with Crippen LogP contribution in [-0.2, 0) is 16.1 Å². The molecule has 0 aliphatic heterocycles. The molecule has 8 heteroatoms. The highest BCUT2D eigenvalue weighted by molar-refractivity contribution is 5.75. The van der Waals surface area contributed by atoms with Gasteiger partial charge >= 0.3 is 5.97 Å². The number of rotatable bonds is 6. The minimum absolute atomic E-state index is 0.231. The number of nitrogens with one attached hydrogen (secondary N) is 1. The van der Waals surface area contributed by atoms with Crippen molar-refractivity contribution in [1.82, 2.24) is 15.1 Å². The van der Waals surface area contributed by atoms with E-state index in [1.807, 2.05) is 0 Å². The number of hydrogen-bond donors (Lipinski definition) is 2. The predicted molar refractivity (Wildman–Crippen MR) is 100.0 cm³/mol. The average Bonchev–Trinajstić information content (AvgIpc) is 2.69. The first-order chi connectivity index (χ1) is 13.4. The van der Waals surface area contributed by atoms with Gasteiger partial charge in [0.15, 0.2) is 0 Å². The number of hydrogen-bond acceptors (Lipinski definition) is 4. The van der Waals surface area contributed by atoms with Crippen molar-refractivity contribution < 1.29 is 19.1 Å². The Hall–Kier alpha value is -3.03. The lowest BCUT2D eigenvalue weighted by Crippen LogP contribution is -2.37. The monoisotopic (exact) mass is 387 g/mol. The van der Waals surface area contributed by atoms with Crippen LogP contribution in [0.5, 0.6) is 0 Å². The molecule has 1 aliphatic carbocycles. The van der Waals surface area contributed by atoms with Crippen LogP contribution in [0.25, 0.3) is 11.3 Å². The van der Waals surface area contributed by atoms with Crippen LogP contribution in [0, 0.1) is 17.7 Å². The number of carbonyl (C=O) groups is 2. The van der Waals surface area contributed by atoms with Gasteiger partial charge in [-0.05, 0) is 49.8 Å². The van der Waals surface area contributed by atoms with Crippen molar-refractivity contribution >= 4 is 11.9 Å². The molecule has 1 aliphatic rings. The van der Waals surface area contributed by atoms with Crippen LogP contribution in [0.2, 0.25) is 0 Å². The van der Waals surface area contributed by atoms with Gasteiger partial charge in [-0.3, -0.25) is 14.4 Å². The summed E-state index contributed by atoms with van der Waals surface area (Å²) in [4.78, 5) is 35.2. The van der Waals surface area contributed by atoms with Gasteiger partial charge in [0.25, 0.3) is 5.56 Å². The summed E-state index contributed by atoms with van der Waals surface area (Å²) in [5, 5.41) is 15.9. The Balaban J connectivity index is 1.59. The Bertz CT molecular complexity index is 920. The van der Waals surface area contributed by atoms with Gasteiger partial charge in [-0.1, -0.05) is 12.1 Å². The van der Waals surface area contributed by atoms with Crippen molar-refractivity contribution in [2.75, 3.05) is 6.54 Å². The summed E-state index contributed by atoms with van der Waals surface area (Å²) >= 11 is 0. The number of benzene rings is 1. The summed E-state index contributed by atoms with van der Waals surface area (Å²) in [6.45, 7) is 0.179.